The van der Waals surface area contributed by atoms with Crippen LogP contribution < -0.4 is 31.6 Å². The molecule has 3 aliphatic rings. The number of carbonyl (C=O) groups is 5. The Balaban J connectivity index is 0.715. The molecule has 0 spiro atoms. The number of aromatic nitrogens is 3. The van der Waals surface area contributed by atoms with Gasteiger partial charge in [0.25, 0.3) is 5.56 Å². The van der Waals surface area contributed by atoms with E-state index in [2.05, 4.69) is 26.3 Å². The highest BCUT2D eigenvalue weighted by molar-refractivity contribution is 7.92. The average Bonchev–Trinajstić information content (AvgIpc) is 4.10. The molecule has 0 radical (unpaired) electrons. The molecule has 26 heteroatoms. The minimum atomic E-state index is -3.54. The third-order valence-corrected chi connectivity index (χ3v) is 15.9. The predicted octanol–water partition coefficient (Wildman–Crippen LogP) is 2.71. The predicted molar refractivity (Wildman–Crippen MR) is 274 cm³/mol. The lowest BCUT2D eigenvalue weighted by Gasteiger charge is -2.31. The van der Waals surface area contributed by atoms with E-state index >= 15 is 4.39 Å². The molecule has 3 aromatic heterocycles. The van der Waals surface area contributed by atoms with Crippen LogP contribution in [0.2, 0.25) is 0 Å². The maximum atomic E-state index is 16.0. The standard InChI is InChI=1S/C51H59F2N7O15S2/c1-6-51(67)32-21-37-43-30(24-60(37)48(65)31(32)25-75-49(51)66)29-7-11-74-45-41(29)36(56-43)23-34(53)44(45)59-46(63)27(4)55-47(64)42(26(2)3)58-39(61)8-10-70-13-15-72-17-18-73-16-14-71-12-9-54-40(62)20-28-19-38-35(22-33(28)52)57-50(76-38)77(5,68)69/h19,21-23,26-27,42,67H,6-18,20,24-25H2,1-5H3,(H,54,62)(H,55,64)(H,58,61)(H,59,63)/t27-,42-,51-/m0/s1. The van der Waals surface area contributed by atoms with E-state index in [0.717, 1.165) is 35.3 Å². The molecule has 0 aliphatic carbocycles. The molecular weight excluding hydrogens is 1050 g/mol. The molecule has 3 atom stereocenters. The zero-order chi connectivity index (χ0) is 55.3. The molecule has 5 aromatic rings. The van der Waals surface area contributed by atoms with Crippen molar-refractivity contribution < 1.29 is 74.7 Å². The molecule has 0 unspecified atom stereocenters. The average molecular weight is 1110 g/mol. The van der Waals surface area contributed by atoms with Crippen LogP contribution in [0.3, 0.4) is 0 Å². The molecule has 5 N–H and O–H groups in total. The Bertz CT molecular complexity index is 3320. The minimum absolute atomic E-state index is 0.0272. The van der Waals surface area contributed by atoms with Crippen molar-refractivity contribution in [3.63, 3.8) is 0 Å². The number of rotatable bonds is 25. The number of ether oxygens (including phenoxy) is 6. The van der Waals surface area contributed by atoms with Crippen LogP contribution >= 0.6 is 11.3 Å². The highest BCUT2D eigenvalue weighted by Gasteiger charge is 2.46. The molecule has 0 fully saturated rings. The fourth-order valence-electron chi connectivity index (χ4n) is 9.13. The van der Waals surface area contributed by atoms with Gasteiger partial charge in [-0.05, 0) is 42.5 Å². The van der Waals surface area contributed by atoms with Gasteiger partial charge < -0.3 is 59.4 Å². The Morgan fingerprint density at radius 1 is 0.844 bits per heavy atom. The van der Waals surface area contributed by atoms with Crippen molar-refractivity contribution in [2.45, 2.75) is 88.6 Å². The summed E-state index contributed by atoms with van der Waals surface area (Å²) in [7, 11) is -3.54. The summed E-state index contributed by atoms with van der Waals surface area (Å²) in [5.41, 5.74) is 0.296. The summed E-state index contributed by atoms with van der Waals surface area (Å²) >= 11 is 0.911. The quantitative estimate of drug-likeness (QED) is 0.0407. The summed E-state index contributed by atoms with van der Waals surface area (Å²) in [5.74, 6) is -5.01. The van der Waals surface area contributed by atoms with Crippen molar-refractivity contribution >= 4 is 77.6 Å². The highest BCUT2D eigenvalue weighted by atomic mass is 32.2. The monoisotopic (exact) mass is 1110 g/mol. The Morgan fingerprint density at radius 3 is 2.19 bits per heavy atom. The van der Waals surface area contributed by atoms with Crippen LogP contribution in [0.1, 0.15) is 68.4 Å². The number of sulfone groups is 1. The number of thiazole rings is 1. The second-order valence-corrected chi connectivity index (χ2v) is 22.2. The van der Waals surface area contributed by atoms with Crippen molar-refractivity contribution in [2.75, 3.05) is 77.6 Å². The van der Waals surface area contributed by atoms with E-state index in [9.17, 15) is 46.7 Å². The van der Waals surface area contributed by atoms with Gasteiger partial charge >= 0.3 is 5.97 Å². The molecule has 0 saturated carbocycles. The Morgan fingerprint density at radius 2 is 1.52 bits per heavy atom. The van der Waals surface area contributed by atoms with Crippen LogP contribution in [0.5, 0.6) is 5.75 Å². The van der Waals surface area contributed by atoms with Gasteiger partial charge in [0, 0.05) is 54.3 Å². The Hall–Kier alpha value is -6.55. The number of halogens is 2. The lowest BCUT2D eigenvalue weighted by atomic mass is 9.86. The summed E-state index contributed by atoms with van der Waals surface area (Å²) < 4.78 is 89.0. The van der Waals surface area contributed by atoms with Gasteiger partial charge in [-0.1, -0.05) is 20.8 Å². The van der Waals surface area contributed by atoms with Gasteiger partial charge in [-0.2, -0.15) is 0 Å². The lowest BCUT2D eigenvalue weighted by molar-refractivity contribution is -0.172. The van der Waals surface area contributed by atoms with Gasteiger partial charge in [0.15, 0.2) is 17.2 Å². The van der Waals surface area contributed by atoms with Crippen molar-refractivity contribution in [2.24, 2.45) is 5.92 Å². The number of hydrogen-bond acceptors (Lipinski definition) is 18. The first kappa shape index (κ1) is 56.6. The molecule has 0 saturated heterocycles. The molecule has 3 aliphatic heterocycles. The van der Waals surface area contributed by atoms with E-state index in [-0.39, 0.29) is 148 Å². The van der Waals surface area contributed by atoms with Crippen molar-refractivity contribution in [3.05, 3.63) is 74.1 Å². The van der Waals surface area contributed by atoms with Crippen molar-refractivity contribution in [1.82, 2.24) is 30.5 Å². The number of nitrogens with zero attached hydrogens (tertiary/aromatic N) is 3. The number of aliphatic hydroxyl groups is 1. The first-order valence-corrected chi connectivity index (χ1v) is 27.7. The van der Waals surface area contributed by atoms with E-state index in [0.29, 0.717) is 33.5 Å². The van der Waals surface area contributed by atoms with E-state index in [1.165, 1.54) is 17.6 Å². The lowest BCUT2D eigenvalue weighted by Crippen LogP contribution is -2.53. The summed E-state index contributed by atoms with van der Waals surface area (Å²) in [4.78, 5) is 87.3. The van der Waals surface area contributed by atoms with Gasteiger partial charge in [0.2, 0.25) is 37.8 Å². The third kappa shape index (κ3) is 12.4. The van der Waals surface area contributed by atoms with E-state index in [1.54, 1.807) is 26.8 Å². The maximum absolute atomic E-state index is 16.0. The SMILES string of the molecule is CC[C@@]1(O)C(=O)OCc2c1cc1n(c2=O)Cc2c-1nc1cc(F)c(NC(=O)[C@H](C)NC(=O)[C@@H](NC(=O)CCOCCOCCOCCOCCNC(=O)Cc3cc4sc(S(C)(=O)=O)nc4cc3F)C(C)C)c3c1c2CCO3. The third-order valence-electron chi connectivity index (χ3n) is 13.2. The topological polar surface area (TPSA) is 291 Å². The number of esters is 1. The van der Waals surface area contributed by atoms with E-state index in [4.69, 9.17) is 33.4 Å². The van der Waals surface area contributed by atoms with E-state index in [1.807, 2.05) is 0 Å². The summed E-state index contributed by atoms with van der Waals surface area (Å²) in [6, 6.07) is 3.06. The molecule has 414 valence electrons. The number of anilines is 1. The summed E-state index contributed by atoms with van der Waals surface area (Å²) in [5, 5.41) is 22.2. The first-order chi connectivity index (χ1) is 36.7. The number of cyclic esters (lactones) is 1. The number of amides is 4. The van der Waals surface area contributed by atoms with Crippen LogP contribution in [0, 0.1) is 17.6 Å². The van der Waals surface area contributed by atoms with Crippen LogP contribution in [-0.2, 0) is 89.1 Å². The van der Waals surface area contributed by atoms with Gasteiger partial charge in [-0.3, -0.25) is 24.0 Å². The van der Waals surface area contributed by atoms with Crippen LogP contribution in [0.25, 0.3) is 32.5 Å². The second-order valence-electron chi connectivity index (χ2n) is 19.0. The maximum Gasteiger partial charge on any atom is 0.343 e. The van der Waals surface area contributed by atoms with Gasteiger partial charge in [0.05, 0.1) is 105 Å². The van der Waals surface area contributed by atoms with Crippen LogP contribution in [0.4, 0.5) is 14.5 Å². The molecule has 4 amide bonds. The number of fused-ring (bicyclic) bond motifs is 6. The molecule has 22 nitrogen and oxygen atoms in total. The second kappa shape index (κ2) is 24.0. The molecule has 8 rings (SSSR count). The summed E-state index contributed by atoms with van der Waals surface area (Å²) in [6.45, 7) is 8.30. The normalized spacial score (nSPS) is 16.3. The Labute approximate surface area is 444 Å². The van der Waals surface area contributed by atoms with Crippen molar-refractivity contribution in [1.29, 1.82) is 0 Å². The number of benzene rings is 2. The van der Waals surface area contributed by atoms with Crippen molar-refractivity contribution in [3.8, 4) is 17.1 Å². The molecule has 2 aromatic carbocycles. The number of pyridine rings is 2. The molecule has 0 bridgehead atoms. The molecular formula is C51H59F2N7O15S2. The highest BCUT2D eigenvalue weighted by Crippen LogP contribution is 2.46. The number of nitrogens with one attached hydrogen (secondary N) is 4. The minimum Gasteiger partial charge on any atom is -0.490 e. The van der Waals surface area contributed by atoms with Gasteiger partial charge in [-0.15, -0.1) is 11.3 Å². The van der Waals surface area contributed by atoms with Crippen LogP contribution in [0.15, 0.2) is 33.4 Å². The smallest absolute Gasteiger partial charge is 0.343 e. The largest absolute Gasteiger partial charge is 0.490 e. The van der Waals surface area contributed by atoms with Gasteiger partial charge in [0.1, 0.15) is 30.2 Å². The zero-order valence-corrected chi connectivity index (χ0v) is 44.6. The first-order valence-electron chi connectivity index (χ1n) is 24.9. The molecule has 77 heavy (non-hydrogen) atoms. The Kier molecular flexibility index (Phi) is 17.7. The van der Waals surface area contributed by atoms with E-state index < -0.39 is 74.3 Å². The number of hydrogen-bond donors (Lipinski definition) is 5. The fourth-order valence-corrected chi connectivity index (χ4v) is 11.0. The van der Waals surface area contributed by atoms with Crippen LogP contribution in [-0.4, -0.2) is 142 Å². The fraction of sp³-hybridized carbons (Fsp3) is 0.490. The van der Waals surface area contributed by atoms with Gasteiger partial charge in [-0.25, -0.2) is 32.0 Å². The number of carbonyl (C=O) groups excluding carboxylic acids is 5. The summed E-state index contributed by atoms with van der Waals surface area (Å²) in [6.07, 6.45) is 1.06. The zero-order valence-electron chi connectivity index (χ0n) is 42.9. The molecule has 6 heterocycles.